The van der Waals surface area contributed by atoms with E-state index in [-0.39, 0.29) is 16.5 Å². The molecule has 0 saturated carbocycles. The Kier molecular flexibility index (Phi) is 10.1. The zero-order chi connectivity index (χ0) is 31.2. The summed E-state index contributed by atoms with van der Waals surface area (Å²) in [7, 11) is 1.54. The fraction of sp³-hybridized carbons (Fsp3) is 0.250. The number of anilines is 1. The van der Waals surface area contributed by atoms with Crippen molar-refractivity contribution in [2.75, 3.05) is 25.2 Å². The van der Waals surface area contributed by atoms with Gasteiger partial charge in [0.25, 0.3) is 5.78 Å². The Morgan fingerprint density at radius 3 is 2.43 bits per heavy atom. The SMILES string of the molecule is CCCOc1ccc(C2/C(=C(\O)c3ccc(OC)cc3)C(=O)C(=O)N2c2nnc(SCc3ccc(Cl)cc3)s2)cc1OCC. The van der Waals surface area contributed by atoms with Gasteiger partial charge in [-0.3, -0.25) is 14.5 Å². The summed E-state index contributed by atoms with van der Waals surface area (Å²) in [6.45, 7) is 4.74. The van der Waals surface area contributed by atoms with Gasteiger partial charge in [-0.15, -0.1) is 10.2 Å². The van der Waals surface area contributed by atoms with Crippen molar-refractivity contribution in [2.24, 2.45) is 0 Å². The number of Topliss-reactive ketones (excluding diaryl/α,β-unsaturated/α-hetero) is 1. The van der Waals surface area contributed by atoms with Crippen LogP contribution in [-0.2, 0) is 15.3 Å². The molecule has 0 spiro atoms. The van der Waals surface area contributed by atoms with Gasteiger partial charge in [0.2, 0.25) is 5.13 Å². The predicted molar refractivity (Wildman–Crippen MR) is 172 cm³/mol. The number of ether oxygens (including phenoxy) is 3. The van der Waals surface area contributed by atoms with Crippen molar-refractivity contribution in [3.8, 4) is 17.2 Å². The van der Waals surface area contributed by atoms with E-state index >= 15 is 0 Å². The van der Waals surface area contributed by atoms with E-state index < -0.39 is 17.7 Å². The minimum absolute atomic E-state index is 0.0737. The molecule has 1 saturated heterocycles. The lowest BCUT2D eigenvalue weighted by Crippen LogP contribution is -2.29. The van der Waals surface area contributed by atoms with Crippen LogP contribution in [0.2, 0.25) is 5.02 Å². The number of aliphatic hydroxyl groups excluding tert-OH is 1. The maximum absolute atomic E-state index is 13.7. The highest BCUT2D eigenvalue weighted by Gasteiger charge is 2.48. The lowest BCUT2D eigenvalue weighted by atomic mass is 9.95. The first kappa shape index (κ1) is 31.4. The van der Waals surface area contributed by atoms with Crippen molar-refractivity contribution in [1.29, 1.82) is 0 Å². The third-order valence-corrected chi connectivity index (χ3v) is 9.11. The van der Waals surface area contributed by atoms with Gasteiger partial charge in [0, 0.05) is 16.3 Å². The number of benzene rings is 3. The Morgan fingerprint density at radius 1 is 1.00 bits per heavy atom. The lowest BCUT2D eigenvalue weighted by molar-refractivity contribution is -0.132. The van der Waals surface area contributed by atoms with E-state index in [1.807, 2.05) is 38.1 Å². The predicted octanol–water partition coefficient (Wildman–Crippen LogP) is 7.31. The molecule has 2 heterocycles. The van der Waals surface area contributed by atoms with E-state index in [2.05, 4.69) is 10.2 Å². The van der Waals surface area contributed by atoms with Gasteiger partial charge in [-0.05, 0) is 73.0 Å². The highest BCUT2D eigenvalue weighted by molar-refractivity contribution is 8.00. The number of thioether (sulfide) groups is 1. The third-order valence-electron chi connectivity index (χ3n) is 6.73. The molecule has 1 atom stereocenters. The summed E-state index contributed by atoms with van der Waals surface area (Å²) in [5, 5.41) is 20.9. The van der Waals surface area contributed by atoms with Gasteiger partial charge in [-0.25, -0.2) is 0 Å². The Bertz CT molecular complexity index is 1670. The fourth-order valence-electron chi connectivity index (χ4n) is 4.63. The molecule has 1 aliphatic rings. The number of carbonyl (C=O) groups excluding carboxylic acids is 2. The largest absolute Gasteiger partial charge is 0.507 e. The zero-order valence-electron chi connectivity index (χ0n) is 24.3. The number of rotatable bonds is 12. The molecular formula is C32H30ClN3O6S2. The van der Waals surface area contributed by atoms with Crippen LogP contribution in [0, 0.1) is 0 Å². The molecular weight excluding hydrogens is 622 g/mol. The summed E-state index contributed by atoms with van der Waals surface area (Å²) in [4.78, 5) is 28.6. The van der Waals surface area contributed by atoms with E-state index in [9.17, 15) is 14.7 Å². The van der Waals surface area contributed by atoms with E-state index in [1.54, 1.807) is 42.5 Å². The molecule has 9 nitrogen and oxygen atoms in total. The second kappa shape index (κ2) is 14.1. The molecule has 0 radical (unpaired) electrons. The molecule has 0 aliphatic carbocycles. The molecule has 12 heteroatoms. The number of carbonyl (C=O) groups is 2. The van der Waals surface area contributed by atoms with E-state index in [0.29, 0.717) is 56.7 Å². The van der Waals surface area contributed by atoms with Crippen LogP contribution in [0.25, 0.3) is 5.76 Å². The summed E-state index contributed by atoms with van der Waals surface area (Å²) in [6.07, 6.45) is 0.810. The lowest BCUT2D eigenvalue weighted by Gasteiger charge is -2.23. The third kappa shape index (κ3) is 6.69. The first-order valence-electron chi connectivity index (χ1n) is 13.9. The zero-order valence-corrected chi connectivity index (χ0v) is 26.7. The molecule has 3 aromatic carbocycles. The average Bonchev–Trinajstić information content (AvgIpc) is 3.61. The van der Waals surface area contributed by atoms with Crippen molar-refractivity contribution >= 4 is 57.3 Å². The number of nitrogens with zero attached hydrogens (tertiary/aromatic N) is 3. The highest BCUT2D eigenvalue weighted by atomic mass is 35.5. The van der Waals surface area contributed by atoms with Crippen molar-refractivity contribution in [2.45, 2.75) is 36.4 Å². The number of hydrogen-bond acceptors (Lipinski definition) is 10. The number of halogens is 1. The van der Waals surface area contributed by atoms with Gasteiger partial charge in [0.1, 0.15) is 11.5 Å². The van der Waals surface area contributed by atoms with E-state index in [0.717, 1.165) is 12.0 Å². The number of aromatic nitrogens is 2. The monoisotopic (exact) mass is 651 g/mol. The van der Waals surface area contributed by atoms with Crippen molar-refractivity contribution in [3.63, 3.8) is 0 Å². The minimum atomic E-state index is -1.00. The molecule has 0 bridgehead atoms. The molecule has 228 valence electrons. The van der Waals surface area contributed by atoms with Crippen molar-refractivity contribution in [1.82, 2.24) is 10.2 Å². The Morgan fingerprint density at radius 2 is 1.75 bits per heavy atom. The average molecular weight is 652 g/mol. The molecule has 1 unspecified atom stereocenters. The Hall–Kier alpha value is -4.06. The van der Waals surface area contributed by atoms with Gasteiger partial charge in [-0.1, -0.05) is 59.8 Å². The van der Waals surface area contributed by atoms with Crippen LogP contribution in [0.5, 0.6) is 17.2 Å². The van der Waals surface area contributed by atoms with E-state index in [1.165, 1.54) is 35.1 Å². The Labute approximate surface area is 268 Å². The highest BCUT2D eigenvalue weighted by Crippen LogP contribution is 2.45. The number of methoxy groups -OCH3 is 1. The molecule has 1 fully saturated rings. The van der Waals surface area contributed by atoms with Gasteiger partial charge in [0.15, 0.2) is 15.8 Å². The van der Waals surface area contributed by atoms with E-state index in [4.69, 9.17) is 25.8 Å². The normalized spacial score (nSPS) is 15.9. The quantitative estimate of drug-likeness (QED) is 0.0554. The second-order valence-corrected chi connectivity index (χ2v) is 12.3. The van der Waals surface area contributed by atoms with Gasteiger partial charge in [0.05, 0.1) is 31.9 Å². The van der Waals surface area contributed by atoms with Gasteiger partial charge >= 0.3 is 5.91 Å². The standard InChI is InChI=1S/C32H30ClN3O6S2/c1-4-16-42-24-15-10-21(17-25(24)41-5-2)27-26(28(37)20-8-13-23(40-3)14-9-20)29(38)30(39)36(27)31-34-35-32(44-31)43-18-19-6-11-22(33)12-7-19/h6-15,17,27,37H,4-5,16,18H2,1-3H3/b28-26+. The molecule has 44 heavy (non-hydrogen) atoms. The summed E-state index contributed by atoms with van der Waals surface area (Å²) in [5.41, 5.74) is 1.87. The van der Waals surface area contributed by atoms with Crippen LogP contribution in [-0.4, -0.2) is 47.3 Å². The molecule has 1 N–H and O–H groups in total. The summed E-state index contributed by atoms with van der Waals surface area (Å²) in [5.74, 6) is 0.233. The van der Waals surface area contributed by atoms with Crippen LogP contribution in [0.1, 0.15) is 43.0 Å². The summed E-state index contributed by atoms with van der Waals surface area (Å²) >= 11 is 8.65. The van der Waals surface area contributed by atoms with Crippen LogP contribution >= 0.6 is 34.7 Å². The molecule has 1 amide bonds. The number of amides is 1. The molecule has 4 aromatic rings. The second-order valence-electron chi connectivity index (χ2n) is 9.65. The van der Waals surface area contributed by atoms with Crippen molar-refractivity contribution < 1.29 is 28.9 Å². The number of ketones is 1. The summed E-state index contributed by atoms with van der Waals surface area (Å²) in [6, 6.07) is 18.3. The minimum Gasteiger partial charge on any atom is -0.507 e. The fourth-order valence-corrected chi connectivity index (χ4v) is 6.58. The maximum atomic E-state index is 13.7. The number of hydrogen-bond donors (Lipinski definition) is 1. The smallest absolute Gasteiger partial charge is 0.301 e. The molecule has 1 aliphatic heterocycles. The first-order chi connectivity index (χ1) is 21.3. The van der Waals surface area contributed by atoms with Crippen LogP contribution in [0.3, 0.4) is 0 Å². The van der Waals surface area contributed by atoms with Crippen LogP contribution in [0.4, 0.5) is 5.13 Å². The first-order valence-corrected chi connectivity index (χ1v) is 16.1. The molecule has 5 rings (SSSR count). The van der Waals surface area contributed by atoms with Gasteiger partial charge < -0.3 is 19.3 Å². The maximum Gasteiger partial charge on any atom is 0.301 e. The number of aliphatic hydroxyl groups is 1. The summed E-state index contributed by atoms with van der Waals surface area (Å²) < 4.78 is 17.6. The van der Waals surface area contributed by atoms with Crippen molar-refractivity contribution in [3.05, 3.63) is 94.0 Å². The van der Waals surface area contributed by atoms with Gasteiger partial charge in [-0.2, -0.15) is 0 Å². The molecule has 1 aromatic heterocycles. The van der Waals surface area contributed by atoms with Crippen LogP contribution in [0.15, 0.2) is 76.6 Å². The Balaban J connectivity index is 1.57. The topological polar surface area (TPSA) is 111 Å². The van der Waals surface area contributed by atoms with Crippen LogP contribution < -0.4 is 19.1 Å².